The van der Waals surface area contributed by atoms with Crippen LogP contribution in [0.2, 0.25) is 5.02 Å². The lowest BCUT2D eigenvalue weighted by Gasteiger charge is -2.24. The van der Waals surface area contributed by atoms with Crippen LogP contribution in [-0.4, -0.2) is 27.1 Å². The number of methoxy groups -OCH3 is 1. The number of amides is 1. The van der Waals surface area contributed by atoms with E-state index in [1.165, 1.54) is 0 Å². The molecule has 0 aliphatic carbocycles. The van der Waals surface area contributed by atoms with Crippen molar-refractivity contribution in [2.45, 2.75) is 25.0 Å². The fourth-order valence-corrected chi connectivity index (χ4v) is 4.91. The number of carbonyl (C=O) groups excluding carboxylic acids is 1. The summed E-state index contributed by atoms with van der Waals surface area (Å²) in [5.41, 5.74) is 3.55. The second kappa shape index (κ2) is 8.73. The molecule has 3 aromatic rings. The van der Waals surface area contributed by atoms with Crippen LogP contribution in [0.1, 0.15) is 29.5 Å². The minimum absolute atomic E-state index is 0.0555. The summed E-state index contributed by atoms with van der Waals surface area (Å²) in [6.07, 6.45) is 3.20. The van der Waals surface area contributed by atoms with Crippen molar-refractivity contribution in [2.75, 3.05) is 31.0 Å². The van der Waals surface area contributed by atoms with E-state index in [1.54, 1.807) is 7.11 Å². The molecule has 0 N–H and O–H groups in total. The molecular weight excluding hydrogens is 448 g/mol. The van der Waals surface area contributed by atoms with Crippen molar-refractivity contribution in [2.24, 2.45) is 0 Å². The minimum Gasteiger partial charge on any atom is -0.496 e. The van der Waals surface area contributed by atoms with Crippen LogP contribution < -0.4 is 14.5 Å². The summed E-state index contributed by atoms with van der Waals surface area (Å²) in [7, 11) is 5.61. The van der Waals surface area contributed by atoms with Crippen molar-refractivity contribution in [1.82, 2.24) is 0 Å². The normalized spacial score (nSPS) is 20.1. The highest BCUT2D eigenvalue weighted by Gasteiger charge is 2.58. The third-order valence-electron chi connectivity index (χ3n) is 6.50. The zero-order chi connectivity index (χ0) is 23.9. The van der Waals surface area contributed by atoms with E-state index in [4.69, 9.17) is 21.1 Å². The molecule has 0 aromatic heterocycles. The molecule has 2 aliphatic heterocycles. The van der Waals surface area contributed by atoms with Gasteiger partial charge in [0.15, 0.2) is 0 Å². The first-order valence-corrected chi connectivity index (χ1v) is 11.7. The lowest BCUT2D eigenvalue weighted by atomic mass is 9.91. The third kappa shape index (κ3) is 3.80. The molecular formula is C28H27ClN2O3. The van der Waals surface area contributed by atoms with Gasteiger partial charge in [-0.2, -0.15) is 0 Å². The zero-order valence-corrected chi connectivity index (χ0v) is 20.3. The van der Waals surface area contributed by atoms with Gasteiger partial charge in [0.1, 0.15) is 5.75 Å². The second-order valence-corrected chi connectivity index (χ2v) is 9.34. The number of hydrogen-bond acceptors (Lipinski definition) is 4. The quantitative estimate of drug-likeness (QED) is 0.454. The van der Waals surface area contributed by atoms with E-state index in [9.17, 15) is 4.79 Å². The van der Waals surface area contributed by atoms with E-state index in [0.717, 1.165) is 33.8 Å². The summed E-state index contributed by atoms with van der Waals surface area (Å²) in [6.45, 7) is 0.466. The van der Waals surface area contributed by atoms with Gasteiger partial charge in [0.25, 0.3) is 5.91 Å². The molecule has 2 heterocycles. The van der Waals surface area contributed by atoms with E-state index < -0.39 is 5.60 Å². The summed E-state index contributed by atoms with van der Waals surface area (Å²) < 4.78 is 12.4. The van der Waals surface area contributed by atoms with Gasteiger partial charge >= 0.3 is 0 Å². The van der Waals surface area contributed by atoms with E-state index in [0.29, 0.717) is 30.2 Å². The Kier molecular flexibility index (Phi) is 5.74. The van der Waals surface area contributed by atoms with E-state index in [-0.39, 0.29) is 5.91 Å². The van der Waals surface area contributed by atoms with Crippen molar-refractivity contribution in [3.05, 3.63) is 94.2 Å². The molecule has 1 fully saturated rings. The maximum Gasteiger partial charge on any atom is 0.276 e. The summed E-state index contributed by atoms with van der Waals surface area (Å²) in [4.78, 5) is 17.9. The van der Waals surface area contributed by atoms with Gasteiger partial charge in [-0.15, -0.1) is 0 Å². The Bertz CT molecular complexity index is 1250. The molecule has 1 amide bonds. The smallest absolute Gasteiger partial charge is 0.276 e. The molecule has 5 nitrogen and oxygen atoms in total. The Labute approximate surface area is 205 Å². The molecule has 0 radical (unpaired) electrons. The van der Waals surface area contributed by atoms with Gasteiger partial charge in [0.05, 0.1) is 30.7 Å². The van der Waals surface area contributed by atoms with Crippen LogP contribution in [0.3, 0.4) is 0 Å². The highest BCUT2D eigenvalue weighted by Crippen LogP contribution is 2.56. The summed E-state index contributed by atoms with van der Waals surface area (Å²) in [6, 6.07) is 21.6. The van der Waals surface area contributed by atoms with Crippen LogP contribution in [0.15, 0.2) is 72.5 Å². The van der Waals surface area contributed by atoms with Crippen LogP contribution in [0.25, 0.3) is 6.08 Å². The number of fused-ring (bicyclic) bond motifs is 2. The first kappa shape index (κ1) is 22.4. The van der Waals surface area contributed by atoms with Crippen LogP contribution in [0.4, 0.5) is 11.4 Å². The number of anilines is 2. The molecule has 174 valence electrons. The van der Waals surface area contributed by atoms with Gasteiger partial charge in [0.2, 0.25) is 5.60 Å². The van der Waals surface area contributed by atoms with Crippen molar-refractivity contribution >= 4 is 35.0 Å². The van der Waals surface area contributed by atoms with Gasteiger partial charge in [0, 0.05) is 43.7 Å². The molecule has 5 rings (SSSR count). The molecule has 0 bridgehead atoms. The fourth-order valence-electron chi connectivity index (χ4n) is 4.78. The van der Waals surface area contributed by atoms with Crippen LogP contribution >= 0.6 is 11.6 Å². The van der Waals surface area contributed by atoms with Gasteiger partial charge < -0.3 is 19.3 Å². The highest BCUT2D eigenvalue weighted by atomic mass is 35.5. The van der Waals surface area contributed by atoms with Gasteiger partial charge in [-0.05, 0) is 35.4 Å². The number of benzene rings is 3. The molecule has 1 saturated heterocycles. The fraction of sp³-hybridized carbons (Fsp3) is 0.250. The standard InChI is InChI=1S/C28H27ClN2O3/c1-30(2)22-16-24-26(25(17-22)33-3)28(27(32)31(24)18-20-7-5-4-6-8-20)14-13-23(34-28)15-19-9-11-21(29)12-10-19/h4-12,15-17H,13-14,18H2,1-3H3/b23-15-. The van der Waals surface area contributed by atoms with E-state index in [2.05, 4.69) is 6.07 Å². The van der Waals surface area contributed by atoms with Crippen molar-refractivity contribution in [3.63, 3.8) is 0 Å². The second-order valence-electron chi connectivity index (χ2n) is 8.90. The Hall–Kier alpha value is -3.44. The first-order chi connectivity index (χ1) is 16.4. The molecule has 0 saturated carbocycles. The summed E-state index contributed by atoms with van der Waals surface area (Å²) in [5, 5.41) is 0.684. The summed E-state index contributed by atoms with van der Waals surface area (Å²) >= 11 is 6.03. The Balaban J connectivity index is 1.60. The average molecular weight is 475 g/mol. The van der Waals surface area contributed by atoms with Crippen LogP contribution in [-0.2, 0) is 21.7 Å². The third-order valence-corrected chi connectivity index (χ3v) is 6.75. The highest BCUT2D eigenvalue weighted by molar-refractivity contribution is 6.30. The van der Waals surface area contributed by atoms with E-state index >= 15 is 0 Å². The number of nitrogens with zero attached hydrogens (tertiary/aromatic N) is 2. The zero-order valence-electron chi connectivity index (χ0n) is 19.5. The van der Waals surface area contributed by atoms with E-state index in [1.807, 2.05) is 90.6 Å². The molecule has 1 unspecified atom stereocenters. The van der Waals surface area contributed by atoms with Crippen LogP contribution in [0, 0.1) is 0 Å². The molecule has 1 atom stereocenters. The summed E-state index contributed by atoms with van der Waals surface area (Å²) in [5.74, 6) is 1.39. The lowest BCUT2D eigenvalue weighted by molar-refractivity contribution is -0.135. The van der Waals surface area contributed by atoms with Gasteiger partial charge in [-0.3, -0.25) is 4.79 Å². The molecule has 3 aromatic carbocycles. The number of halogens is 1. The molecule has 1 spiro atoms. The lowest BCUT2D eigenvalue weighted by Crippen LogP contribution is -2.39. The van der Waals surface area contributed by atoms with Crippen molar-refractivity contribution in [1.29, 1.82) is 0 Å². The minimum atomic E-state index is -1.10. The maximum absolute atomic E-state index is 14.1. The molecule has 6 heteroatoms. The monoisotopic (exact) mass is 474 g/mol. The largest absolute Gasteiger partial charge is 0.496 e. The molecule has 2 aliphatic rings. The maximum atomic E-state index is 14.1. The number of hydrogen-bond donors (Lipinski definition) is 0. The number of rotatable bonds is 5. The molecule has 34 heavy (non-hydrogen) atoms. The van der Waals surface area contributed by atoms with Gasteiger partial charge in [-0.25, -0.2) is 0 Å². The first-order valence-electron chi connectivity index (χ1n) is 11.3. The topological polar surface area (TPSA) is 42.0 Å². The average Bonchev–Trinajstić information content (AvgIpc) is 3.36. The van der Waals surface area contributed by atoms with Crippen molar-refractivity contribution in [3.8, 4) is 5.75 Å². The SMILES string of the molecule is COc1cc(N(C)C)cc2c1C1(CC/C(=C/c3ccc(Cl)cc3)O1)C(=O)N2Cc1ccccc1. The predicted molar refractivity (Wildman–Crippen MR) is 136 cm³/mol. The number of carbonyl (C=O) groups is 1. The number of allylic oxidation sites excluding steroid dienone is 1. The Morgan fingerprint density at radius 2 is 1.85 bits per heavy atom. The number of ether oxygens (including phenoxy) is 2. The Morgan fingerprint density at radius 3 is 2.53 bits per heavy atom. The van der Waals surface area contributed by atoms with Gasteiger partial charge in [-0.1, -0.05) is 54.1 Å². The van der Waals surface area contributed by atoms with Crippen molar-refractivity contribution < 1.29 is 14.3 Å². The predicted octanol–water partition coefficient (Wildman–Crippen LogP) is 6.01. The Morgan fingerprint density at radius 1 is 1.12 bits per heavy atom. The van der Waals surface area contributed by atoms with Crippen LogP contribution in [0.5, 0.6) is 5.75 Å².